The van der Waals surface area contributed by atoms with Gasteiger partial charge in [0.1, 0.15) is 5.75 Å². The van der Waals surface area contributed by atoms with Crippen LogP contribution in [0.2, 0.25) is 0 Å². The van der Waals surface area contributed by atoms with E-state index < -0.39 is 0 Å². The third kappa shape index (κ3) is 2.91. The highest BCUT2D eigenvalue weighted by atomic mass is 16.5. The van der Waals surface area contributed by atoms with Gasteiger partial charge in [0.2, 0.25) is 0 Å². The number of urea groups is 1. The topological polar surface area (TPSA) is 50.4 Å². The first kappa shape index (κ1) is 14.4. The highest BCUT2D eigenvalue weighted by molar-refractivity contribution is 5.92. The largest absolute Gasteiger partial charge is 0.495 e. The van der Waals surface area contributed by atoms with Crippen molar-refractivity contribution in [1.82, 2.24) is 5.32 Å². The molecule has 2 aromatic carbocycles. The van der Waals surface area contributed by atoms with E-state index in [-0.39, 0.29) is 11.6 Å². The van der Waals surface area contributed by atoms with Gasteiger partial charge >= 0.3 is 6.03 Å². The lowest BCUT2D eigenvalue weighted by Gasteiger charge is -2.19. The molecule has 22 heavy (non-hydrogen) atoms. The molecule has 0 heterocycles. The molecule has 2 N–H and O–H groups in total. The lowest BCUT2D eigenvalue weighted by atomic mass is 10.1. The van der Waals surface area contributed by atoms with Crippen LogP contribution < -0.4 is 15.4 Å². The Hall–Kier alpha value is -2.49. The molecule has 0 unspecified atom stereocenters. The number of carbonyl (C=O) groups excluding carboxylic acids is 1. The monoisotopic (exact) mass is 296 g/mol. The number of benzene rings is 2. The Bertz CT molecular complexity index is 679. The van der Waals surface area contributed by atoms with Gasteiger partial charge in [-0.05, 0) is 43.0 Å². The minimum Gasteiger partial charge on any atom is -0.495 e. The molecule has 0 radical (unpaired) electrons. The van der Waals surface area contributed by atoms with Gasteiger partial charge in [-0.25, -0.2) is 4.79 Å². The maximum absolute atomic E-state index is 12.3. The summed E-state index contributed by atoms with van der Waals surface area (Å²) < 4.78 is 5.29. The van der Waals surface area contributed by atoms with Gasteiger partial charge in [0.05, 0.1) is 18.3 Å². The van der Waals surface area contributed by atoms with Crippen LogP contribution in [0.25, 0.3) is 0 Å². The Morgan fingerprint density at radius 2 is 1.86 bits per heavy atom. The summed E-state index contributed by atoms with van der Waals surface area (Å²) in [5.74, 6) is 0.658. The summed E-state index contributed by atoms with van der Waals surface area (Å²) >= 11 is 0. The van der Waals surface area contributed by atoms with E-state index in [1.807, 2.05) is 43.3 Å². The molecule has 0 aliphatic heterocycles. The number of hydrogen-bond donors (Lipinski definition) is 2. The highest BCUT2D eigenvalue weighted by Gasteiger charge is 2.45. The summed E-state index contributed by atoms with van der Waals surface area (Å²) in [5.41, 5.74) is 2.69. The minimum atomic E-state index is -0.220. The Morgan fingerprint density at radius 3 is 2.50 bits per heavy atom. The van der Waals surface area contributed by atoms with Gasteiger partial charge in [-0.2, -0.15) is 0 Å². The molecule has 2 aromatic rings. The lowest BCUT2D eigenvalue weighted by Crippen LogP contribution is -2.38. The average molecular weight is 296 g/mol. The predicted molar refractivity (Wildman–Crippen MR) is 87.2 cm³/mol. The molecule has 1 aliphatic rings. The van der Waals surface area contributed by atoms with E-state index in [1.54, 1.807) is 7.11 Å². The van der Waals surface area contributed by atoms with Gasteiger partial charge in [0.15, 0.2) is 0 Å². The van der Waals surface area contributed by atoms with E-state index in [0.29, 0.717) is 11.4 Å². The van der Waals surface area contributed by atoms with Crippen molar-refractivity contribution in [3.05, 3.63) is 59.7 Å². The number of hydrogen-bond acceptors (Lipinski definition) is 2. The smallest absolute Gasteiger partial charge is 0.320 e. The molecule has 1 fully saturated rings. The van der Waals surface area contributed by atoms with Crippen LogP contribution in [0.5, 0.6) is 5.75 Å². The minimum absolute atomic E-state index is 0.203. The zero-order chi connectivity index (χ0) is 15.6. The molecule has 0 atom stereocenters. The van der Waals surface area contributed by atoms with Crippen molar-refractivity contribution in [3.8, 4) is 5.75 Å². The van der Waals surface area contributed by atoms with Crippen LogP contribution in [0.3, 0.4) is 0 Å². The first-order valence-corrected chi connectivity index (χ1v) is 7.42. The first-order valence-electron chi connectivity index (χ1n) is 7.42. The Balaban J connectivity index is 1.73. The average Bonchev–Trinajstić information content (AvgIpc) is 3.29. The van der Waals surface area contributed by atoms with Crippen LogP contribution in [0, 0.1) is 6.92 Å². The predicted octanol–water partition coefficient (Wildman–Crippen LogP) is 3.81. The molecule has 4 nitrogen and oxygen atoms in total. The van der Waals surface area contributed by atoms with Crippen LogP contribution in [-0.2, 0) is 5.54 Å². The van der Waals surface area contributed by atoms with E-state index in [9.17, 15) is 4.79 Å². The Labute approximate surface area is 130 Å². The van der Waals surface area contributed by atoms with E-state index in [4.69, 9.17) is 4.74 Å². The fourth-order valence-electron chi connectivity index (χ4n) is 2.66. The van der Waals surface area contributed by atoms with Crippen LogP contribution >= 0.6 is 0 Å². The van der Waals surface area contributed by atoms with Crippen LogP contribution in [-0.4, -0.2) is 13.1 Å². The quantitative estimate of drug-likeness (QED) is 0.901. The molecular weight excluding hydrogens is 276 g/mol. The number of amides is 2. The number of methoxy groups -OCH3 is 1. The van der Waals surface area contributed by atoms with E-state index in [0.717, 1.165) is 24.0 Å². The van der Waals surface area contributed by atoms with Crippen molar-refractivity contribution in [3.63, 3.8) is 0 Å². The first-order chi connectivity index (χ1) is 10.6. The summed E-state index contributed by atoms with van der Waals surface area (Å²) in [5, 5.41) is 5.99. The third-order valence-electron chi connectivity index (χ3n) is 4.03. The van der Waals surface area contributed by atoms with Crippen LogP contribution in [0.4, 0.5) is 10.5 Å². The molecule has 0 saturated heterocycles. The van der Waals surface area contributed by atoms with E-state index in [2.05, 4.69) is 22.8 Å². The normalized spacial score (nSPS) is 15.0. The summed E-state index contributed by atoms with van der Waals surface area (Å²) in [4.78, 5) is 12.3. The zero-order valence-corrected chi connectivity index (χ0v) is 12.8. The van der Waals surface area contributed by atoms with Crippen molar-refractivity contribution in [2.24, 2.45) is 0 Å². The van der Waals surface area contributed by atoms with Crippen molar-refractivity contribution in [1.29, 1.82) is 0 Å². The van der Waals surface area contributed by atoms with Gasteiger partial charge in [-0.1, -0.05) is 36.4 Å². The second-order valence-electron chi connectivity index (χ2n) is 5.73. The van der Waals surface area contributed by atoms with E-state index >= 15 is 0 Å². The molecular formula is C18H20N2O2. The maximum atomic E-state index is 12.3. The van der Waals surface area contributed by atoms with Crippen LogP contribution in [0.15, 0.2) is 48.5 Å². The van der Waals surface area contributed by atoms with Gasteiger partial charge < -0.3 is 15.4 Å². The zero-order valence-electron chi connectivity index (χ0n) is 12.8. The number of aryl methyl sites for hydroxylation is 1. The summed E-state index contributed by atoms with van der Waals surface area (Å²) in [6.45, 7) is 1.98. The molecule has 0 spiro atoms. The summed E-state index contributed by atoms with van der Waals surface area (Å²) in [7, 11) is 1.60. The fourth-order valence-corrected chi connectivity index (χ4v) is 2.66. The Kier molecular flexibility index (Phi) is 3.75. The third-order valence-corrected chi connectivity index (χ3v) is 4.03. The SMILES string of the molecule is COc1ccc(C)cc1NC(=O)NC1(c2ccccc2)CC1. The number of rotatable bonds is 4. The molecule has 114 valence electrons. The van der Waals surface area contributed by atoms with Gasteiger partial charge in [0, 0.05) is 0 Å². The van der Waals surface area contributed by atoms with Crippen molar-refractivity contribution in [2.75, 3.05) is 12.4 Å². The van der Waals surface area contributed by atoms with Gasteiger partial charge in [-0.15, -0.1) is 0 Å². The summed E-state index contributed by atoms with van der Waals surface area (Å²) in [6.07, 6.45) is 1.94. The van der Waals surface area contributed by atoms with Crippen molar-refractivity contribution < 1.29 is 9.53 Å². The fraction of sp³-hybridized carbons (Fsp3) is 0.278. The standard InChI is InChI=1S/C18H20N2O2/c1-13-8-9-16(22-2)15(12-13)19-17(21)20-18(10-11-18)14-6-4-3-5-7-14/h3-9,12H,10-11H2,1-2H3,(H2,19,20,21). The summed E-state index contributed by atoms with van der Waals surface area (Å²) in [6, 6.07) is 15.6. The number of ether oxygens (including phenoxy) is 1. The van der Waals surface area contributed by atoms with Crippen molar-refractivity contribution >= 4 is 11.7 Å². The molecule has 4 heteroatoms. The van der Waals surface area contributed by atoms with Gasteiger partial charge in [0.25, 0.3) is 0 Å². The van der Waals surface area contributed by atoms with Crippen molar-refractivity contribution in [2.45, 2.75) is 25.3 Å². The Morgan fingerprint density at radius 1 is 1.14 bits per heavy atom. The second kappa shape index (κ2) is 5.72. The second-order valence-corrected chi connectivity index (χ2v) is 5.73. The molecule has 0 aromatic heterocycles. The molecule has 2 amide bonds. The van der Waals surface area contributed by atoms with Crippen LogP contribution in [0.1, 0.15) is 24.0 Å². The maximum Gasteiger partial charge on any atom is 0.320 e. The number of carbonyl (C=O) groups is 1. The molecule has 0 bridgehead atoms. The van der Waals surface area contributed by atoms with E-state index in [1.165, 1.54) is 0 Å². The molecule has 1 saturated carbocycles. The van der Waals surface area contributed by atoms with Gasteiger partial charge in [-0.3, -0.25) is 0 Å². The number of nitrogens with one attached hydrogen (secondary N) is 2. The number of anilines is 1. The highest BCUT2D eigenvalue weighted by Crippen LogP contribution is 2.45. The molecule has 3 rings (SSSR count). The lowest BCUT2D eigenvalue weighted by molar-refractivity contribution is 0.247. The molecule has 1 aliphatic carbocycles.